The molecular formula is C18H20N4O4S2. The fourth-order valence-electron chi connectivity index (χ4n) is 2.52. The van der Waals surface area contributed by atoms with E-state index in [0.717, 1.165) is 11.1 Å². The molecule has 2 heterocycles. The molecule has 0 spiro atoms. The van der Waals surface area contributed by atoms with Crippen LogP contribution < -0.4 is 10.0 Å². The maximum atomic E-state index is 12.1. The number of aromatic nitrogens is 2. The van der Waals surface area contributed by atoms with Crippen LogP contribution in [0.3, 0.4) is 0 Å². The first-order chi connectivity index (χ1) is 13.4. The van der Waals surface area contributed by atoms with E-state index < -0.39 is 10.0 Å². The molecule has 148 valence electrons. The highest BCUT2D eigenvalue weighted by Gasteiger charge is 2.11. The van der Waals surface area contributed by atoms with Gasteiger partial charge in [0, 0.05) is 19.4 Å². The zero-order valence-corrected chi connectivity index (χ0v) is 16.8. The van der Waals surface area contributed by atoms with E-state index in [-0.39, 0.29) is 12.5 Å². The van der Waals surface area contributed by atoms with Crippen molar-refractivity contribution in [1.82, 2.24) is 15.5 Å². The zero-order valence-electron chi connectivity index (χ0n) is 15.2. The van der Waals surface area contributed by atoms with Crippen molar-refractivity contribution in [1.29, 1.82) is 0 Å². The van der Waals surface area contributed by atoms with Gasteiger partial charge in [-0.3, -0.25) is 9.52 Å². The number of anilines is 1. The summed E-state index contributed by atoms with van der Waals surface area (Å²) < 4.78 is 30.5. The number of sulfonamides is 1. The third-order valence-corrected chi connectivity index (χ3v) is 5.25. The van der Waals surface area contributed by atoms with Crippen molar-refractivity contribution < 1.29 is 17.7 Å². The van der Waals surface area contributed by atoms with Gasteiger partial charge in [-0.05, 0) is 29.5 Å². The van der Waals surface area contributed by atoms with Crippen LogP contribution >= 0.6 is 11.3 Å². The van der Waals surface area contributed by atoms with Gasteiger partial charge in [0.1, 0.15) is 0 Å². The average Bonchev–Trinajstić information content (AvgIpc) is 3.31. The quantitative estimate of drug-likeness (QED) is 0.550. The fourth-order valence-corrected chi connectivity index (χ4v) is 3.77. The van der Waals surface area contributed by atoms with Gasteiger partial charge < -0.3 is 9.84 Å². The molecule has 0 saturated heterocycles. The Labute approximate surface area is 167 Å². The second-order valence-corrected chi connectivity index (χ2v) is 8.85. The van der Waals surface area contributed by atoms with Crippen LogP contribution in [0.5, 0.6) is 0 Å². The van der Waals surface area contributed by atoms with E-state index in [9.17, 15) is 13.2 Å². The number of rotatable bonds is 9. The van der Waals surface area contributed by atoms with E-state index in [2.05, 4.69) is 20.2 Å². The summed E-state index contributed by atoms with van der Waals surface area (Å²) in [5.41, 5.74) is 1.15. The van der Waals surface area contributed by atoms with Gasteiger partial charge in [-0.25, -0.2) is 8.42 Å². The summed E-state index contributed by atoms with van der Waals surface area (Å²) >= 11 is 1.54. The lowest BCUT2D eigenvalue weighted by Crippen LogP contribution is -2.23. The molecular weight excluding hydrogens is 400 g/mol. The van der Waals surface area contributed by atoms with Gasteiger partial charge in [0.15, 0.2) is 0 Å². The van der Waals surface area contributed by atoms with Crippen molar-refractivity contribution in [2.24, 2.45) is 0 Å². The number of thiophene rings is 1. The molecule has 0 aliphatic carbocycles. The molecule has 0 aliphatic rings. The average molecular weight is 421 g/mol. The van der Waals surface area contributed by atoms with E-state index in [1.54, 1.807) is 24.3 Å². The number of aryl methyl sites for hydroxylation is 1. The lowest BCUT2D eigenvalue weighted by atomic mass is 10.1. The Kier molecular flexibility index (Phi) is 6.42. The van der Waals surface area contributed by atoms with Crippen molar-refractivity contribution in [3.05, 3.63) is 53.2 Å². The van der Waals surface area contributed by atoms with E-state index in [0.29, 0.717) is 42.2 Å². The fraction of sp³-hybridized carbons (Fsp3) is 0.278. The standard InChI is InChI=1S/C18H20N4O4S2/c1-28(24,25)22-14-7-3-2-6-13(14)12-19-16(23)9-4-10-17-20-18(21-26-17)15-8-5-11-27-15/h2-3,5-8,11,22H,4,9-10,12H2,1H3,(H,19,23). The molecule has 1 amide bonds. The van der Waals surface area contributed by atoms with Crippen LogP contribution in [-0.4, -0.2) is 30.7 Å². The van der Waals surface area contributed by atoms with Gasteiger partial charge in [-0.1, -0.05) is 29.4 Å². The molecule has 8 nitrogen and oxygen atoms in total. The monoisotopic (exact) mass is 420 g/mol. The molecule has 0 atom stereocenters. The molecule has 0 fully saturated rings. The van der Waals surface area contributed by atoms with Gasteiger partial charge in [-0.2, -0.15) is 4.98 Å². The molecule has 1 aromatic carbocycles. The first-order valence-corrected chi connectivity index (χ1v) is 11.4. The maximum absolute atomic E-state index is 12.1. The molecule has 28 heavy (non-hydrogen) atoms. The van der Waals surface area contributed by atoms with Crippen molar-refractivity contribution in [3.8, 4) is 10.7 Å². The van der Waals surface area contributed by atoms with Gasteiger partial charge in [0.2, 0.25) is 27.6 Å². The molecule has 0 saturated carbocycles. The van der Waals surface area contributed by atoms with Gasteiger partial charge in [-0.15, -0.1) is 11.3 Å². The molecule has 10 heteroatoms. The van der Waals surface area contributed by atoms with Gasteiger partial charge in [0.05, 0.1) is 16.8 Å². The van der Waals surface area contributed by atoms with Crippen LogP contribution in [-0.2, 0) is 27.8 Å². The Morgan fingerprint density at radius 3 is 2.79 bits per heavy atom. The van der Waals surface area contributed by atoms with Crippen LogP contribution in [0.4, 0.5) is 5.69 Å². The number of nitrogens with one attached hydrogen (secondary N) is 2. The predicted octanol–water partition coefficient (Wildman–Crippen LogP) is 2.81. The molecule has 2 aromatic heterocycles. The van der Waals surface area contributed by atoms with Crippen molar-refractivity contribution >= 4 is 33.0 Å². The number of amides is 1. The summed E-state index contributed by atoms with van der Waals surface area (Å²) in [5.74, 6) is 0.926. The molecule has 0 bridgehead atoms. The maximum Gasteiger partial charge on any atom is 0.229 e. The van der Waals surface area contributed by atoms with Crippen LogP contribution in [0.25, 0.3) is 10.7 Å². The summed E-state index contributed by atoms with van der Waals surface area (Å²) in [4.78, 5) is 17.3. The Balaban J connectivity index is 1.45. The van der Waals surface area contributed by atoms with Crippen LogP contribution in [0.15, 0.2) is 46.3 Å². The summed E-state index contributed by atoms with van der Waals surface area (Å²) in [5, 5.41) is 8.68. The SMILES string of the molecule is CS(=O)(=O)Nc1ccccc1CNC(=O)CCCc1nc(-c2cccs2)no1. The topological polar surface area (TPSA) is 114 Å². The molecule has 3 aromatic rings. The van der Waals surface area contributed by atoms with Crippen LogP contribution in [0.1, 0.15) is 24.3 Å². The van der Waals surface area contributed by atoms with E-state index in [1.807, 2.05) is 17.5 Å². The van der Waals surface area contributed by atoms with E-state index in [1.165, 1.54) is 11.3 Å². The lowest BCUT2D eigenvalue weighted by Gasteiger charge is -2.11. The second-order valence-electron chi connectivity index (χ2n) is 6.15. The zero-order chi connectivity index (χ0) is 20.0. The van der Waals surface area contributed by atoms with Gasteiger partial charge in [0.25, 0.3) is 0 Å². The minimum absolute atomic E-state index is 0.132. The Bertz CT molecular complexity index is 1030. The largest absolute Gasteiger partial charge is 0.352 e. The summed E-state index contributed by atoms with van der Waals surface area (Å²) in [6, 6.07) is 10.8. The first kappa shape index (κ1) is 20.0. The molecule has 0 aliphatic heterocycles. The number of carbonyl (C=O) groups excluding carboxylic acids is 1. The first-order valence-electron chi connectivity index (χ1n) is 8.59. The van der Waals surface area contributed by atoms with Crippen molar-refractivity contribution in [3.63, 3.8) is 0 Å². The number of hydrogen-bond acceptors (Lipinski definition) is 7. The van der Waals surface area contributed by atoms with Gasteiger partial charge >= 0.3 is 0 Å². The predicted molar refractivity (Wildman–Crippen MR) is 107 cm³/mol. The number of para-hydroxylation sites is 1. The number of carbonyl (C=O) groups is 1. The Hall–Kier alpha value is -2.72. The van der Waals surface area contributed by atoms with E-state index >= 15 is 0 Å². The number of nitrogens with zero attached hydrogens (tertiary/aromatic N) is 2. The van der Waals surface area contributed by atoms with Crippen molar-refractivity contribution in [2.75, 3.05) is 11.0 Å². The highest BCUT2D eigenvalue weighted by atomic mass is 32.2. The van der Waals surface area contributed by atoms with E-state index in [4.69, 9.17) is 4.52 Å². The van der Waals surface area contributed by atoms with Crippen molar-refractivity contribution in [2.45, 2.75) is 25.8 Å². The number of hydrogen-bond donors (Lipinski definition) is 2. The minimum Gasteiger partial charge on any atom is -0.352 e. The molecule has 3 rings (SSSR count). The normalized spacial score (nSPS) is 11.3. The smallest absolute Gasteiger partial charge is 0.229 e. The summed E-state index contributed by atoms with van der Waals surface area (Å²) in [7, 11) is -3.38. The van der Waals surface area contributed by atoms with Crippen LogP contribution in [0, 0.1) is 0 Å². The number of benzene rings is 1. The minimum atomic E-state index is -3.38. The summed E-state index contributed by atoms with van der Waals surface area (Å²) in [6.45, 7) is 0.237. The lowest BCUT2D eigenvalue weighted by molar-refractivity contribution is -0.121. The Morgan fingerprint density at radius 1 is 1.21 bits per heavy atom. The Morgan fingerprint density at radius 2 is 2.04 bits per heavy atom. The molecule has 0 radical (unpaired) electrons. The summed E-state index contributed by atoms with van der Waals surface area (Å²) in [6.07, 6.45) is 2.47. The molecule has 2 N–H and O–H groups in total. The third-order valence-electron chi connectivity index (χ3n) is 3.79. The third kappa shape index (κ3) is 5.89. The highest BCUT2D eigenvalue weighted by Crippen LogP contribution is 2.21. The second kappa shape index (κ2) is 8.98. The molecule has 0 unspecified atom stereocenters. The van der Waals surface area contributed by atoms with Crippen LogP contribution in [0.2, 0.25) is 0 Å². The highest BCUT2D eigenvalue weighted by molar-refractivity contribution is 7.92.